The highest BCUT2D eigenvalue weighted by Crippen LogP contribution is 2.10. The normalized spacial score (nSPS) is 11.5. The summed E-state index contributed by atoms with van der Waals surface area (Å²) in [4.78, 5) is 45.1. The van der Waals surface area contributed by atoms with Crippen molar-refractivity contribution in [2.24, 2.45) is 5.92 Å². The zero-order valence-corrected chi connectivity index (χ0v) is 10.1. The van der Waals surface area contributed by atoms with Gasteiger partial charge in [0.15, 0.2) is 0 Å². The summed E-state index contributed by atoms with van der Waals surface area (Å²) < 4.78 is 9.12. The Morgan fingerprint density at radius 3 is 1.94 bits per heavy atom. The quantitative estimate of drug-likeness (QED) is 0.363. The molecule has 96 valence electrons. The number of rotatable bonds is 7. The molecule has 0 heterocycles. The van der Waals surface area contributed by atoms with E-state index in [1.807, 2.05) is 0 Å². The third-order valence-corrected chi connectivity index (χ3v) is 1.86. The van der Waals surface area contributed by atoms with Gasteiger partial charge < -0.3 is 9.47 Å². The molecule has 0 aliphatic heterocycles. The summed E-state index contributed by atoms with van der Waals surface area (Å²) in [7, 11) is 0. The molecule has 17 heavy (non-hydrogen) atoms. The van der Waals surface area contributed by atoms with E-state index in [1.54, 1.807) is 6.92 Å². The minimum absolute atomic E-state index is 0.0280. The Morgan fingerprint density at radius 1 is 1.00 bits per heavy atom. The van der Waals surface area contributed by atoms with E-state index in [9.17, 15) is 19.2 Å². The second-order valence-corrected chi connectivity index (χ2v) is 3.30. The van der Waals surface area contributed by atoms with Crippen molar-refractivity contribution in [2.75, 3.05) is 13.2 Å². The Kier molecular flexibility index (Phi) is 6.77. The van der Waals surface area contributed by atoms with Gasteiger partial charge >= 0.3 is 11.9 Å². The Morgan fingerprint density at radius 2 is 1.53 bits per heavy atom. The Balaban J connectivity index is 4.78. The number of ether oxygens (including phenoxy) is 2. The van der Waals surface area contributed by atoms with E-state index in [1.165, 1.54) is 13.8 Å². The number of hydrogen-bond acceptors (Lipinski definition) is 6. The number of carbonyl (C=O) groups excluding carboxylic acids is 4. The predicted octanol–water partition coefficient (Wildman–Crippen LogP) is 0.277. The summed E-state index contributed by atoms with van der Waals surface area (Å²) in [6, 6.07) is 0. The van der Waals surface area contributed by atoms with Crippen molar-refractivity contribution in [3.63, 3.8) is 0 Å². The van der Waals surface area contributed by atoms with Crippen LogP contribution < -0.4 is 0 Å². The summed E-state index contributed by atoms with van der Waals surface area (Å²) in [5.74, 6) is -4.81. The maximum atomic E-state index is 11.6. The van der Waals surface area contributed by atoms with Gasteiger partial charge in [-0.3, -0.25) is 14.4 Å². The highest BCUT2D eigenvalue weighted by molar-refractivity contribution is 6.38. The van der Waals surface area contributed by atoms with Gasteiger partial charge in [-0.1, -0.05) is 0 Å². The summed E-state index contributed by atoms with van der Waals surface area (Å²) in [5.41, 5.74) is 0. The molecule has 0 saturated carbocycles. The third kappa shape index (κ3) is 5.24. The molecule has 0 spiro atoms. The molecule has 0 bridgehead atoms. The molecule has 0 amide bonds. The van der Waals surface area contributed by atoms with Gasteiger partial charge in [-0.25, -0.2) is 4.79 Å². The van der Waals surface area contributed by atoms with Gasteiger partial charge in [0.05, 0.1) is 13.2 Å². The molecule has 0 radical (unpaired) electrons. The fourth-order valence-electron chi connectivity index (χ4n) is 1.16. The van der Waals surface area contributed by atoms with E-state index in [0.717, 1.165) is 0 Å². The smallest absolute Gasteiger partial charge is 0.375 e. The maximum absolute atomic E-state index is 11.6. The molecule has 0 aromatic heterocycles. The summed E-state index contributed by atoms with van der Waals surface area (Å²) >= 11 is 0. The highest BCUT2D eigenvalue weighted by Gasteiger charge is 2.34. The van der Waals surface area contributed by atoms with Crippen molar-refractivity contribution in [1.82, 2.24) is 0 Å². The lowest BCUT2D eigenvalue weighted by molar-refractivity contribution is -0.162. The molecule has 0 unspecified atom stereocenters. The molecule has 0 N–H and O–H groups in total. The van der Waals surface area contributed by atoms with Crippen LogP contribution in [-0.2, 0) is 28.7 Å². The average molecular weight is 244 g/mol. The van der Waals surface area contributed by atoms with Gasteiger partial charge in [0.2, 0.25) is 0 Å². The van der Waals surface area contributed by atoms with Crippen molar-refractivity contribution in [3.8, 4) is 0 Å². The predicted molar refractivity (Wildman–Crippen MR) is 57.1 cm³/mol. The van der Waals surface area contributed by atoms with E-state index in [0.29, 0.717) is 0 Å². The van der Waals surface area contributed by atoms with E-state index in [2.05, 4.69) is 9.47 Å². The largest absolute Gasteiger partial charge is 0.465 e. The Hall–Kier alpha value is -1.72. The van der Waals surface area contributed by atoms with Crippen molar-refractivity contribution in [2.45, 2.75) is 27.2 Å². The molecule has 6 heteroatoms. The average Bonchev–Trinajstić information content (AvgIpc) is 2.25. The number of hydrogen-bond donors (Lipinski definition) is 0. The molecule has 0 aliphatic rings. The first-order valence-electron chi connectivity index (χ1n) is 5.31. The minimum atomic E-state index is -1.40. The lowest BCUT2D eigenvalue weighted by Crippen LogP contribution is -2.34. The maximum Gasteiger partial charge on any atom is 0.375 e. The van der Waals surface area contributed by atoms with Crippen LogP contribution in [0, 0.1) is 5.92 Å². The van der Waals surface area contributed by atoms with Gasteiger partial charge in [-0.15, -0.1) is 0 Å². The lowest BCUT2D eigenvalue weighted by Gasteiger charge is -2.11. The van der Waals surface area contributed by atoms with Crippen LogP contribution in [0.3, 0.4) is 0 Å². The zero-order valence-electron chi connectivity index (χ0n) is 10.1. The first kappa shape index (κ1) is 15.3. The van der Waals surface area contributed by atoms with Crippen molar-refractivity contribution >= 4 is 23.5 Å². The molecule has 0 saturated heterocycles. The van der Waals surface area contributed by atoms with Crippen LogP contribution in [0.15, 0.2) is 0 Å². The monoisotopic (exact) mass is 244 g/mol. The molecular weight excluding hydrogens is 228 g/mol. The SMILES string of the molecule is CCOC(=O)C(=O)[C@@H](CC(C)=O)C(=O)OCC. The molecule has 0 aromatic rings. The van der Waals surface area contributed by atoms with E-state index < -0.39 is 23.6 Å². The number of Topliss-reactive ketones (excluding diaryl/α,β-unsaturated/α-hetero) is 2. The molecule has 1 atom stereocenters. The van der Waals surface area contributed by atoms with Gasteiger partial charge in [0.25, 0.3) is 5.78 Å². The first-order chi connectivity index (χ1) is 7.93. The summed E-state index contributed by atoms with van der Waals surface area (Å²) in [6.07, 6.45) is -0.351. The van der Waals surface area contributed by atoms with E-state index >= 15 is 0 Å². The van der Waals surface area contributed by atoms with Crippen LogP contribution in [-0.4, -0.2) is 36.7 Å². The fraction of sp³-hybridized carbons (Fsp3) is 0.636. The van der Waals surface area contributed by atoms with Gasteiger partial charge in [-0.2, -0.15) is 0 Å². The first-order valence-corrected chi connectivity index (χ1v) is 5.31. The van der Waals surface area contributed by atoms with Gasteiger partial charge in [0, 0.05) is 6.42 Å². The number of ketones is 2. The second kappa shape index (κ2) is 7.54. The molecule has 0 aromatic carbocycles. The lowest BCUT2D eigenvalue weighted by atomic mass is 9.98. The van der Waals surface area contributed by atoms with Gasteiger partial charge in [-0.05, 0) is 20.8 Å². The molecule has 0 rings (SSSR count). The highest BCUT2D eigenvalue weighted by atomic mass is 16.5. The van der Waals surface area contributed by atoms with Crippen LogP contribution in [0.25, 0.3) is 0 Å². The Bertz CT molecular complexity index is 320. The van der Waals surface area contributed by atoms with Crippen LogP contribution >= 0.6 is 0 Å². The Labute approximate surface area is 99.3 Å². The zero-order chi connectivity index (χ0) is 13.4. The van der Waals surface area contributed by atoms with Crippen LogP contribution in [0.1, 0.15) is 27.2 Å². The molecule has 0 fully saturated rings. The molecular formula is C11H16O6. The van der Waals surface area contributed by atoms with Crippen molar-refractivity contribution in [3.05, 3.63) is 0 Å². The van der Waals surface area contributed by atoms with Crippen LogP contribution in [0.2, 0.25) is 0 Å². The summed E-state index contributed by atoms with van der Waals surface area (Å²) in [6.45, 7) is 4.43. The van der Waals surface area contributed by atoms with Crippen molar-refractivity contribution < 1.29 is 28.7 Å². The van der Waals surface area contributed by atoms with E-state index in [-0.39, 0.29) is 25.4 Å². The van der Waals surface area contributed by atoms with Crippen LogP contribution in [0.4, 0.5) is 0 Å². The summed E-state index contributed by atoms with van der Waals surface area (Å²) in [5, 5.41) is 0. The van der Waals surface area contributed by atoms with E-state index in [4.69, 9.17) is 0 Å². The standard InChI is InChI=1S/C11H16O6/c1-4-16-10(14)8(6-7(3)12)9(13)11(15)17-5-2/h8H,4-6H2,1-3H3/t8-/m1/s1. The topological polar surface area (TPSA) is 86.7 Å². The van der Waals surface area contributed by atoms with Gasteiger partial charge in [0.1, 0.15) is 11.7 Å². The number of carbonyl (C=O) groups is 4. The minimum Gasteiger partial charge on any atom is -0.465 e. The van der Waals surface area contributed by atoms with Crippen molar-refractivity contribution in [1.29, 1.82) is 0 Å². The second-order valence-electron chi connectivity index (χ2n) is 3.30. The molecule has 0 aliphatic carbocycles. The third-order valence-electron chi connectivity index (χ3n) is 1.86. The fourth-order valence-corrected chi connectivity index (χ4v) is 1.16. The number of esters is 2. The van der Waals surface area contributed by atoms with Crippen LogP contribution in [0.5, 0.6) is 0 Å². The molecule has 6 nitrogen and oxygen atoms in total.